The zero-order valence-corrected chi connectivity index (χ0v) is 14.5. The minimum Gasteiger partial charge on any atom is -0.488 e. The number of hydrogen-bond donors (Lipinski definition) is 1. The second-order valence-electron chi connectivity index (χ2n) is 5.36. The average molecular weight is 361 g/mol. The highest BCUT2D eigenvalue weighted by Crippen LogP contribution is 2.35. The highest BCUT2D eigenvalue weighted by molar-refractivity contribution is 8.26. The van der Waals surface area contributed by atoms with Gasteiger partial charge in [0.15, 0.2) is 0 Å². The molecule has 1 unspecified atom stereocenters. The molecule has 24 heavy (non-hydrogen) atoms. The molecule has 2 heterocycles. The number of rotatable bonds is 4. The number of carbonyl (C=O) groups is 2. The molecule has 2 aliphatic heterocycles. The minimum atomic E-state index is -1.05. The van der Waals surface area contributed by atoms with Crippen molar-refractivity contribution in [2.75, 3.05) is 6.61 Å². The van der Waals surface area contributed by atoms with Gasteiger partial charge in [0.05, 0.1) is 4.91 Å². The van der Waals surface area contributed by atoms with E-state index in [-0.39, 0.29) is 10.2 Å². The second kappa shape index (κ2) is 6.78. The monoisotopic (exact) mass is 361 g/mol. The number of amides is 1. The van der Waals surface area contributed by atoms with Crippen molar-refractivity contribution in [2.24, 2.45) is 0 Å². The molecular weight excluding hydrogens is 346 g/mol. The quantitative estimate of drug-likeness (QED) is 0.657. The number of carboxylic acids is 1. The van der Waals surface area contributed by atoms with Crippen LogP contribution in [-0.4, -0.2) is 38.9 Å². The summed E-state index contributed by atoms with van der Waals surface area (Å²) < 4.78 is 5.94. The Morgan fingerprint density at radius 1 is 1.50 bits per heavy atom. The molecular formula is C17H15NO4S2. The van der Waals surface area contributed by atoms with E-state index in [1.807, 2.05) is 30.3 Å². The number of nitrogens with zero attached hydrogens (tertiary/aromatic N) is 1. The van der Waals surface area contributed by atoms with E-state index in [9.17, 15) is 14.7 Å². The number of aliphatic carboxylic acids is 1. The third kappa shape index (κ3) is 3.09. The number of fused-ring (bicyclic) bond motifs is 1. The molecule has 1 saturated heterocycles. The lowest BCUT2D eigenvalue weighted by atomic mass is 10.1. The van der Waals surface area contributed by atoms with Crippen LogP contribution in [0.15, 0.2) is 40.8 Å². The summed E-state index contributed by atoms with van der Waals surface area (Å²) in [6.07, 6.45) is 3.98. The van der Waals surface area contributed by atoms with Gasteiger partial charge in [0.1, 0.15) is 22.7 Å². The maximum atomic E-state index is 12.6. The molecule has 1 atom stereocenters. The molecule has 0 bridgehead atoms. The highest BCUT2D eigenvalue weighted by atomic mass is 32.2. The van der Waals surface area contributed by atoms with Gasteiger partial charge in [0.2, 0.25) is 0 Å². The van der Waals surface area contributed by atoms with Gasteiger partial charge in [-0.25, -0.2) is 4.79 Å². The summed E-state index contributed by atoms with van der Waals surface area (Å²) in [6.45, 7) is 2.08. The van der Waals surface area contributed by atoms with Gasteiger partial charge in [-0.05, 0) is 30.2 Å². The number of para-hydroxylation sites is 1. The van der Waals surface area contributed by atoms with Crippen LogP contribution in [0.5, 0.6) is 5.75 Å². The number of carboxylic acid groups (broad SMARTS) is 1. The summed E-state index contributed by atoms with van der Waals surface area (Å²) in [5, 5.41) is 9.27. The first-order valence-electron chi connectivity index (χ1n) is 7.43. The Kier molecular flexibility index (Phi) is 4.73. The number of benzene rings is 1. The molecule has 124 valence electrons. The number of carbonyl (C=O) groups excluding carboxylic acids is 1. The first-order valence-corrected chi connectivity index (χ1v) is 8.66. The molecule has 0 radical (unpaired) electrons. The molecule has 7 heteroatoms. The zero-order valence-electron chi connectivity index (χ0n) is 12.9. The Balaban J connectivity index is 1.88. The summed E-state index contributed by atoms with van der Waals surface area (Å²) in [5.41, 5.74) is 1.79. The number of ether oxygens (including phenoxy) is 1. The normalized spacial score (nSPS) is 19.8. The van der Waals surface area contributed by atoms with Gasteiger partial charge in [-0.3, -0.25) is 9.69 Å². The molecule has 5 nitrogen and oxygen atoms in total. The van der Waals surface area contributed by atoms with Crippen LogP contribution in [0, 0.1) is 0 Å². The Morgan fingerprint density at radius 2 is 2.25 bits per heavy atom. The van der Waals surface area contributed by atoms with Gasteiger partial charge in [-0.2, -0.15) is 0 Å². The predicted molar refractivity (Wildman–Crippen MR) is 96.7 cm³/mol. The van der Waals surface area contributed by atoms with Crippen LogP contribution in [0.4, 0.5) is 0 Å². The van der Waals surface area contributed by atoms with Gasteiger partial charge in [0.25, 0.3) is 5.91 Å². The SMILES string of the molecule is CCC(C(=O)O)N1C(=O)/C(=C/C2=Cc3ccccc3OC2)SC1=S. The van der Waals surface area contributed by atoms with Gasteiger partial charge in [-0.1, -0.05) is 49.1 Å². The molecule has 3 rings (SSSR count). The first-order chi connectivity index (χ1) is 11.5. The van der Waals surface area contributed by atoms with Gasteiger partial charge < -0.3 is 9.84 Å². The largest absolute Gasteiger partial charge is 0.488 e. The maximum Gasteiger partial charge on any atom is 0.326 e. The van der Waals surface area contributed by atoms with Crippen molar-refractivity contribution in [1.29, 1.82) is 0 Å². The van der Waals surface area contributed by atoms with Crippen molar-refractivity contribution in [3.8, 4) is 5.75 Å². The minimum absolute atomic E-state index is 0.276. The van der Waals surface area contributed by atoms with E-state index in [2.05, 4.69) is 0 Å². The smallest absolute Gasteiger partial charge is 0.326 e. The van der Waals surface area contributed by atoms with Crippen molar-refractivity contribution in [3.63, 3.8) is 0 Å². The lowest BCUT2D eigenvalue weighted by Crippen LogP contribution is -2.43. The molecule has 1 aromatic rings. The molecule has 0 spiro atoms. The second-order valence-corrected chi connectivity index (χ2v) is 7.04. The Morgan fingerprint density at radius 3 is 2.96 bits per heavy atom. The van der Waals surface area contributed by atoms with E-state index in [1.54, 1.807) is 13.0 Å². The van der Waals surface area contributed by atoms with Crippen molar-refractivity contribution < 1.29 is 19.4 Å². The fraction of sp³-hybridized carbons (Fsp3) is 0.235. The summed E-state index contributed by atoms with van der Waals surface area (Å²) in [5.74, 6) is -0.609. The Bertz CT molecular complexity index is 785. The van der Waals surface area contributed by atoms with E-state index in [1.165, 1.54) is 4.90 Å². The number of thioether (sulfide) groups is 1. The van der Waals surface area contributed by atoms with Gasteiger partial charge in [0, 0.05) is 5.56 Å². The lowest BCUT2D eigenvalue weighted by molar-refractivity contribution is -0.145. The van der Waals surface area contributed by atoms with E-state index in [0.717, 1.165) is 28.6 Å². The summed E-state index contributed by atoms with van der Waals surface area (Å²) >= 11 is 6.33. The third-order valence-corrected chi connectivity index (χ3v) is 5.11. The van der Waals surface area contributed by atoms with E-state index in [4.69, 9.17) is 17.0 Å². The van der Waals surface area contributed by atoms with Crippen LogP contribution >= 0.6 is 24.0 Å². The fourth-order valence-electron chi connectivity index (χ4n) is 2.60. The summed E-state index contributed by atoms with van der Waals surface area (Å²) in [4.78, 5) is 25.5. The number of thiocarbonyl (C=S) groups is 1. The van der Waals surface area contributed by atoms with Crippen molar-refractivity contribution >= 4 is 46.3 Å². The van der Waals surface area contributed by atoms with Crippen molar-refractivity contribution in [3.05, 3.63) is 46.4 Å². The first kappa shape index (κ1) is 16.7. The Hall–Kier alpha value is -2.12. The Labute approximate surface area is 149 Å². The summed E-state index contributed by atoms with van der Waals surface area (Å²) in [7, 11) is 0. The lowest BCUT2D eigenvalue weighted by Gasteiger charge is -2.21. The highest BCUT2D eigenvalue weighted by Gasteiger charge is 2.39. The molecule has 1 amide bonds. The van der Waals surface area contributed by atoms with Crippen LogP contribution in [-0.2, 0) is 9.59 Å². The molecule has 1 aromatic carbocycles. The molecule has 1 fully saturated rings. The molecule has 2 aliphatic rings. The summed E-state index contributed by atoms with van der Waals surface area (Å²) in [6, 6.07) is 6.71. The van der Waals surface area contributed by atoms with Crippen molar-refractivity contribution in [2.45, 2.75) is 19.4 Å². The van der Waals surface area contributed by atoms with E-state index in [0.29, 0.717) is 17.9 Å². The van der Waals surface area contributed by atoms with Crippen LogP contribution in [0.25, 0.3) is 6.08 Å². The third-order valence-electron chi connectivity index (χ3n) is 3.78. The molecule has 0 aliphatic carbocycles. The molecule has 0 aromatic heterocycles. The fourth-order valence-corrected chi connectivity index (χ4v) is 3.97. The molecule has 0 saturated carbocycles. The standard InChI is InChI=1S/C17H15NO4S2/c1-2-12(16(20)21)18-15(19)14(24-17(18)23)8-10-7-11-5-3-4-6-13(11)22-9-10/h3-8,12H,2,9H2,1H3,(H,20,21)/b14-8-. The maximum absolute atomic E-state index is 12.6. The average Bonchev–Trinajstić information content (AvgIpc) is 2.83. The van der Waals surface area contributed by atoms with Crippen LogP contribution in [0.1, 0.15) is 18.9 Å². The zero-order chi connectivity index (χ0) is 17.3. The topological polar surface area (TPSA) is 66.8 Å². The van der Waals surface area contributed by atoms with Crippen LogP contribution in [0.3, 0.4) is 0 Å². The van der Waals surface area contributed by atoms with E-state index < -0.39 is 12.0 Å². The van der Waals surface area contributed by atoms with Gasteiger partial charge in [-0.15, -0.1) is 0 Å². The van der Waals surface area contributed by atoms with E-state index >= 15 is 0 Å². The number of hydrogen-bond acceptors (Lipinski definition) is 5. The van der Waals surface area contributed by atoms with Crippen molar-refractivity contribution in [1.82, 2.24) is 4.90 Å². The van der Waals surface area contributed by atoms with Gasteiger partial charge >= 0.3 is 5.97 Å². The predicted octanol–water partition coefficient (Wildman–Crippen LogP) is 3.07. The van der Waals surface area contributed by atoms with Crippen LogP contribution in [0.2, 0.25) is 0 Å². The van der Waals surface area contributed by atoms with Crippen LogP contribution < -0.4 is 4.74 Å². The molecule has 1 N–H and O–H groups in total.